The number of hydrogen-bond donors (Lipinski definition) is 2. The van der Waals surface area contributed by atoms with Gasteiger partial charge in [0.25, 0.3) is 11.8 Å². The largest absolute Gasteiger partial charge is 0.483 e. The predicted molar refractivity (Wildman–Crippen MR) is 110 cm³/mol. The first-order valence-electron chi connectivity index (χ1n) is 8.19. The molecule has 7 heteroatoms. The Labute approximate surface area is 169 Å². The van der Waals surface area contributed by atoms with Crippen molar-refractivity contribution in [1.29, 1.82) is 0 Å². The number of amides is 2. The van der Waals surface area contributed by atoms with Crippen LogP contribution < -0.4 is 15.4 Å². The Morgan fingerprint density at radius 1 is 1.00 bits per heavy atom. The summed E-state index contributed by atoms with van der Waals surface area (Å²) in [5, 5.41) is 7.57. The van der Waals surface area contributed by atoms with Gasteiger partial charge in [-0.1, -0.05) is 34.1 Å². The number of thiophene rings is 1. The Morgan fingerprint density at radius 3 is 2.52 bits per heavy atom. The highest BCUT2D eigenvalue weighted by atomic mass is 79.9. The summed E-state index contributed by atoms with van der Waals surface area (Å²) >= 11 is 4.92. The van der Waals surface area contributed by atoms with E-state index >= 15 is 0 Å². The van der Waals surface area contributed by atoms with Gasteiger partial charge in [0.2, 0.25) is 0 Å². The third kappa shape index (κ3) is 5.67. The molecule has 0 bridgehead atoms. The Bertz CT molecular complexity index is 911. The van der Waals surface area contributed by atoms with Crippen LogP contribution in [0.1, 0.15) is 15.2 Å². The van der Waals surface area contributed by atoms with Gasteiger partial charge in [-0.2, -0.15) is 0 Å². The van der Waals surface area contributed by atoms with Gasteiger partial charge >= 0.3 is 0 Å². The maximum absolute atomic E-state index is 12.4. The highest BCUT2D eigenvalue weighted by Crippen LogP contribution is 2.19. The van der Waals surface area contributed by atoms with Crippen LogP contribution in [0.25, 0.3) is 0 Å². The zero-order valence-electron chi connectivity index (χ0n) is 14.3. The second-order valence-electron chi connectivity index (χ2n) is 5.60. The van der Waals surface area contributed by atoms with Crippen molar-refractivity contribution in [3.63, 3.8) is 0 Å². The van der Waals surface area contributed by atoms with Crippen molar-refractivity contribution in [2.24, 2.45) is 0 Å². The monoisotopic (exact) mass is 444 g/mol. The van der Waals surface area contributed by atoms with Gasteiger partial charge in [-0.3, -0.25) is 9.59 Å². The van der Waals surface area contributed by atoms with E-state index in [1.807, 2.05) is 29.6 Å². The molecule has 5 nitrogen and oxygen atoms in total. The fraction of sp³-hybridized carbons (Fsp3) is 0.100. The lowest BCUT2D eigenvalue weighted by Crippen LogP contribution is -2.24. The van der Waals surface area contributed by atoms with Crippen LogP contribution in [0.2, 0.25) is 0 Å². The average Bonchev–Trinajstić information content (AvgIpc) is 3.20. The molecule has 2 amide bonds. The van der Waals surface area contributed by atoms with E-state index in [9.17, 15) is 9.59 Å². The molecule has 0 aliphatic rings. The number of carbonyl (C=O) groups is 2. The summed E-state index contributed by atoms with van der Waals surface area (Å²) in [6.07, 6.45) is 0. The Kier molecular flexibility index (Phi) is 6.62. The van der Waals surface area contributed by atoms with Crippen LogP contribution in [0.15, 0.2) is 70.5 Å². The summed E-state index contributed by atoms with van der Waals surface area (Å²) in [5.74, 6) is -0.175. The zero-order chi connectivity index (χ0) is 19.1. The molecule has 0 atom stereocenters. The van der Waals surface area contributed by atoms with Gasteiger partial charge in [-0.25, -0.2) is 0 Å². The summed E-state index contributed by atoms with van der Waals surface area (Å²) in [6.45, 7) is 0.264. The highest BCUT2D eigenvalue weighted by molar-refractivity contribution is 9.10. The fourth-order valence-electron chi connectivity index (χ4n) is 2.33. The van der Waals surface area contributed by atoms with Crippen molar-refractivity contribution in [3.05, 3.63) is 81.0 Å². The zero-order valence-corrected chi connectivity index (χ0v) is 16.7. The van der Waals surface area contributed by atoms with Gasteiger partial charge in [0.15, 0.2) is 6.61 Å². The van der Waals surface area contributed by atoms with E-state index in [0.717, 1.165) is 9.35 Å². The molecule has 27 heavy (non-hydrogen) atoms. The van der Waals surface area contributed by atoms with E-state index in [0.29, 0.717) is 23.5 Å². The Balaban J connectivity index is 1.57. The number of halogens is 1. The maximum Gasteiger partial charge on any atom is 0.262 e. The summed E-state index contributed by atoms with van der Waals surface area (Å²) in [4.78, 5) is 25.6. The van der Waals surface area contributed by atoms with Crippen molar-refractivity contribution < 1.29 is 14.3 Å². The first-order valence-corrected chi connectivity index (χ1v) is 9.87. The minimum atomic E-state index is -0.300. The Hall–Kier alpha value is -2.64. The van der Waals surface area contributed by atoms with Crippen LogP contribution in [0.4, 0.5) is 5.69 Å². The number of para-hydroxylation sites is 1. The van der Waals surface area contributed by atoms with Crippen LogP contribution in [0.5, 0.6) is 5.75 Å². The molecule has 0 aliphatic carbocycles. The van der Waals surface area contributed by atoms with Crippen molar-refractivity contribution >= 4 is 44.8 Å². The van der Waals surface area contributed by atoms with Gasteiger partial charge in [-0.05, 0) is 47.8 Å². The Morgan fingerprint density at radius 2 is 1.78 bits per heavy atom. The third-order valence-corrected chi connectivity index (χ3v) is 5.03. The standard InChI is InChI=1S/C20H17BrN2O3S/c21-14-7-9-15(10-8-14)23-19(24)13-26-18-6-2-1-5-17(18)20(25)22-12-16-4-3-11-27-16/h1-11H,12-13H2,(H,22,25)(H,23,24). The van der Waals surface area contributed by atoms with Crippen molar-refractivity contribution in [1.82, 2.24) is 5.32 Å². The topological polar surface area (TPSA) is 67.4 Å². The second-order valence-corrected chi connectivity index (χ2v) is 7.55. The fourth-order valence-corrected chi connectivity index (χ4v) is 3.24. The summed E-state index contributed by atoms with van der Waals surface area (Å²) in [6, 6.07) is 18.0. The van der Waals surface area contributed by atoms with Gasteiger partial charge < -0.3 is 15.4 Å². The molecular weight excluding hydrogens is 428 g/mol. The van der Waals surface area contributed by atoms with Crippen molar-refractivity contribution in [2.75, 3.05) is 11.9 Å². The van der Waals surface area contributed by atoms with E-state index < -0.39 is 0 Å². The number of ether oxygens (including phenoxy) is 1. The summed E-state index contributed by atoms with van der Waals surface area (Å²) in [5.41, 5.74) is 1.07. The molecule has 0 spiro atoms. The van der Waals surface area contributed by atoms with Gasteiger partial charge in [0, 0.05) is 15.0 Å². The van der Waals surface area contributed by atoms with Crippen molar-refractivity contribution in [3.8, 4) is 5.75 Å². The third-order valence-electron chi connectivity index (χ3n) is 3.62. The molecule has 138 valence electrons. The molecule has 0 saturated carbocycles. The van der Waals surface area contributed by atoms with Crippen LogP contribution in [0.3, 0.4) is 0 Å². The van der Waals surface area contributed by atoms with Gasteiger partial charge in [0.05, 0.1) is 12.1 Å². The number of hydrogen-bond acceptors (Lipinski definition) is 4. The second kappa shape index (κ2) is 9.34. The van der Waals surface area contributed by atoms with Crippen LogP contribution in [-0.4, -0.2) is 18.4 Å². The summed E-state index contributed by atoms with van der Waals surface area (Å²) < 4.78 is 6.50. The lowest BCUT2D eigenvalue weighted by molar-refractivity contribution is -0.118. The minimum Gasteiger partial charge on any atom is -0.483 e. The lowest BCUT2D eigenvalue weighted by Gasteiger charge is -2.11. The molecule has 0 fully saturated rings. The average molecular weight is 445 g/mol. The van der Waals surface area contributed by atoms with E-state index in [1.54, 1.807) is 47.7 Å². The molecule has 1 aromatic heterocycles. The molecular formula is C20H17BrN2O3S. The molecule has 3 aromatic rings. The summed E-state index contributed by atoms with van der Waals surface area (Å²) in [7, 11) is 0. The number of nitrogens with one attached hydrogen (secondary N) is 2. The molecule has 3 rings (SSSR count). The first-order chi connectivity index (χ1) is 13.1. The lowest BCUT2D eigenvalue weighted by atomic mass is 10.2. The molecule has 1 heterocycles. The molecule has 0 aliphatic heterocycles. The van der Waals surface area contributed by atoms with Crippen LogP contribution >= 0.6 is 27.3 Å². The molecule has 0 saturated heterocycles. The smallest absolute Gasteiger partial charge is 0.262 e. The molecule has 2 aromatic carbocycles. The van der Waals surface area contributed by atoms with E-state index in [4.69, 9.17) is 4.74 Å². The number of benzene rings is 2. The highest BCUT2D eigenvalue weighted by Gasteiger charge is 2.13. The first kappa shape index (κ1) is 19.1. The predicted octanol–water partition coefficient (Wildman–Crippen LogP) is 4.46. The van der Waals surface area contributed by atoms with E-state index in [2.05, 4.69) is 26.6 Å². The van der Waals surface area contributed by atoms with E-state index in [1.165, 1.54) is 0 Å². The molecule has 0 radical (unpaired) electrons. The molecule has 0 unspecified atom stereocenters. The van der Waals surface area contributed by atoms with E-state index in [-0.39, 0.29) is 18.4 Å². The van der Waals surface area contributed by atoms with Crippen LogP contribution in [-0.2, 0) is 11.3 Å². The normalized spacial score (nSPS) is 10.3. The number of carbonyl (C=O) groups excluding carboxylic acids is 2. The maximum atomic E-state index is 12.4. The number of anilines is 1. The van der Waals surface area contributed by atoms with Crippen LogP contribution in [0, 0.1) is 0 Å². The van der Waals surface area contributed by atoms with Gasteiger partial charge in [-0.15, -0.1) is 11.3 Å². The SMILES string of the molecule is O=C(COc1ccccc1C(=O)NCc1cccs1)Nc1ccc(Br)cc1. The minimum absolute atomic E-state index is 0.189. The molecule has 2 N–H and O–H groups in total. The number of rotatable bonds is 7. The van der Waals surface area contributed by atoms with Gasteiger partial charge in [0.1, 0.15) is 5.75 Å². The quantitative estimate of drug-likeness (QED) is 0.565. The van der Waals surface area contributed by atoms with Crippen molar-refractivity contribution in [2.45, 2.75) is 6.54 Å².